The van der Waals surface area contributed by atoms with Gasteiger partial charge in [-0.3, -0.25) is 14.9 Å². The number of nitriles is 1. The van der Waals surface area contributed by atoms with E-state index in [9.17, 15) is 20.2 Å². The average molecular weight is 422 g/mol. The first-order valence-electron chi connectivity index (χ1n) is 8.83. The van der Waals surface area contributed by atoms with Crippen LogP contribution in [0.4, 0.5) is 11.4 Å². The van der Waals surface area contributed by atoms with E-state index in [-0.39, 0.29) is 22.0 Å². The van der Waals surface area contributed by atoms with E-state index >= 15 is 0 Å². The number of halogens is 1. The Morgan fingerprint density at radius 1 is 1.23 bits per heavy atom. The van der Waals surface area contributed by atoms with Crippen LogP contribution in [0.3, 0.4) is 0 Å². The Labute approximate surface area is 177 Å². The molecular formula is C22H16ClN3O4. The fourth-order valence-electron chi connectivity index (χ4n) is 2.76. The summed E-state index contributed by atoms with van der Waals surface area (Å²) in [5, 5.41) is 23.2. The zero-order valence-electron chi connectivity index (χ0n) is 16.1. The zero-order chi connectivity index (χ0) is 21.8. The second kappa shape index (κ2) is 8.64. The van der Waals surface area contributed by atoms with Crippen LogP contribution in [0, 0.1) is 35.3 Å². The molecule has 3 rings (SSSR count). The minimum absolute atomic E-state index is 0.0188. The molecule has 2 aromatic carbocycles. The smallest absolute Gasteiger partial charge is 0.288 e. The lowest BCUT2D eigenvalue weighted by Crippen LogP contribution is -2.14. The molecule has 0 aliphatic heterocycles. The highest BCUT2D eigenvalue weighted by molar-refractivity contribution is 6.32. The molecule has 7 nitrogen and oxygen atoms in total. The van der Waals surface area contributed by atoms with Crippen LogP contribution in [0.1, 0.15) is 16.9 Å². The topological polar surface area (TPSA) is 109 Å². The average Bonchev–Trinajstić information content (AvgIpc) is 3.18. The molecule has 0 aliphatic carbocycles. The molecular weight excluding hydrogens is 406 g/mol. The summed E-state index contributed by atoms with van der Waals surface area (Å²) >= 11 is 5.83. The molecule has 0 unspecified atom stereocenters. The van der Waals surface area contributed by atoms with Gasteiger partial charge < -0.3 is 9.73 Å². The Kier molecular flexibility index (Phi) is 6.00. The first-order chi connectivity index (χ1) is 14.3. The molecule has 3 aromatic rings. The Bertz CT molecular complexity index is 1220. The molecule has 0 radical (unpaired) electrons. The molecule has 1 N–H and O–H groups in total. The fraction of sp³-hybridized carbons (Fsp3) is 0.0909. The van der Waals surface area contributed by atoms with Crippen molar-refractivity contribution in [1.29, 1.82) is 5.26 Å². The lowest BCUT2D eigenvalue weighted by atomic mass is 10.1. The van der Waals surface area contributed by atoms with Crippen molar-refractivity contribution in [2.75, 3.05) is 5.32 Å². The number of hydrogen-bond donors (Lipinski definition) is 1. The molecule has 0 saturated heterocycles. The third-order valence-corrected chi connectivity index (χ3v) is 4.88. The maximum absolute atomic E-state index is 12.5. The van der Waals surface area contributed by atoms with Gasteiger partial charge in [-0.2, -0.15) is 5.26 Å². The third kappa shape index (κ3) is 4.40. The highest BCUT2D eigenvalue weighted by Gasteiger charge is 2.16. The molecule has 0 bridgehead atoms. The second-order valence-corrected chi connectivity index (χ2v) is 6.90. The van der Waals surface area contributed by atoms with E-state index in [0.717, 1.165) is 11.1 Å². The molecule has 0 spiro atoms. The van der Waals surface area contributed by atoms with E-state index in [2.05, 4.69) is 5.32 Å². The van der Waals surface area contributed by atoms with E-state index in [4.69, 9.17) is 16.0 Å². The SMILES string of the molecule is Cc1cccc(NC(=O)/C(C#N)=C/c2ccc(-c3ccc(Cl)c([N+](=O)[O-])c3)o2)c1C. The molecule has 0 saturated carbocycles. The largest absolute Gasteiger partial charge is 0.457 e. The number of nitro benzene ring substituents is 1. The lowest BCUT2D eigenvalue weighted by molar-refractivity contribution is -0.384. The van der Waals surface area contributed by atoms with Crippen LogP contribution in [-0.4, -0.2) is 10.8 Å². The summed E-state index contributed by atoms with van der Waals surface area (Å²) in [5.74, 6) is 0.0368. The van der Waals surface area contributed by atoms with Gasteiger partial charge in [0.05, 0.1) is 4.92 Å². The number of benzene rings is 2. The van der Waals surface area contributed by atoms with Crippen molar-refractivity contribution in [3.05, 3.63) is 86.1 Å². The molecule has 8 heteroatoms. The van der Waals surface area contributed by atoms with E-state index in [1.54, 1.807) is 24.3 Å². The van der Waals surface area contributed by atoms with E-state index in [1.807, 2.05) is 32.0 Å². The molecule has 1 aromatic heterocycles. The van der Waals surface area contributed by atoms with E-state index in [0.29, 0.717) is 17.0 Å². The van der Waals surface area contributed by atoms with Gasteiger partial charge in [0.2, 0.25) is 0 Å². The van der Waals surface area contributed by atoms with Gasteiger partial charge in [0.15, 0.2) is 0 Å². The van der Waals surface area contributed by atoms with Gasteiger partial charge in [0, 0.05) is 23.4 Å². The number of nitro groups is 1. The van der Waals surface area contributed by atoms with Crippen molar-refractivity contribution >= 4 is 35.0 Å². The highest BCUT2D eigenvalue weighted by Crippen LogP contribution is 2.31. The summed E-state index contributed by atoms with van der Waals surface area (Å²) in [4.78, 5) is 23.0. The molecule has 0 aliphatic rings. The van der Waals surface area contributed by atoms with Gasteiger partial charge in [-0.1, -0.05) is 23.7 Å². The number of carbonyl (C=O) groups excluding carboxylic acids is 1. The summed E-state index contributed by atoms with van der Waals surface area (Å²) in [6.07, 6.45) is 1.31. The van der Waals surface area contributed by atoms with Crippen LogP contribution in [0.2, 0.25) is 5.02 Å². The maximum Gasteiger partial charge on any atom is 0.288 e. The number of carbonyl (C=O) groups is 1. The Morgan fingerprint density at radius 2 is 2.00 bits per heavy atom. The lowest BCUT2D eigenvalue weighted by Gasteiger charge is -2.09. The van der Waals surface area contributed by atoms with Crippen molar-refractivity contribution in [3.8, 4) is 17.4 Å². The van der Waals surface area contributed by atoms with E-state index in [1.165, 1.54) is 18.2 Å². The van der Waals surface area contributed by atoms with Gasteiger partial charge in [-0.25, -0.2) is 0 Å². The quantitative estimate of drug-likeness (QED) is 0.247. The van der Waals surface area contributed by atoms with Gasteiger partial charge in [0.1, 0.15) is 28.2 Å². The molecule has 1 heterocycles. The minimum atomic E-state index is -0.582. The van der Waals surface area contributed by atoms with Crippen LogP contribution >= 0.6 is 11.6 Å². The maximum atomic E-state index is 12.5. The second-order valence-electron chi connectivity index (χ2n) is 6.50. The van der Waals surface area contributed by atoms with Crippen LogP contribution in [-0.2, 0) is 4.79 Å². The summed E-state index contributed by atoms with van der Waals surface area (Å²) in [6.45, 7) is 3.81. The van der Waals surface area contributed by atoms with Crippen molar-refractivity contribution in [3.63, 3.8) is 0 Å². The predicted octanol–water partition coefficient (Wildman–Crippen LogP) is 5.67. The predicted molar refractivity (Wildman–Crippen MR) is 114 cm³/mol. The van der Waals surface area contributed by atoms with Crippen molar-refractivity contribution in [2.24, 2.45) is 0 Å². The molecule has 0 atom stereocenters. The third-order valence-electron chi connectivity index (χ3n) is 4.56. The summed E-state index contributed by atoms with van der Waals surface area (Å²) in [6, 6.07) is 14.8. The summed E-state index contributed by atoms with van der Waals surface area (Å²) < 4.78 is 5.65. The number of amides is 1. The van der Waals surface area contributed by atoms with Crippen LogP contribution in [0.25, 0.3) is 17.4 Å². The van der Waals surface area contributed by atoms with Crippen molar-refractivity contribution in [2.45, 2.75) is 13.8 Å². The molecule has 1 amide bonds. The summed E-state index contributed by atoms with van der Waals surface area (Å²) in [5.41, 5.74) is 2.61. The first-order valence-corrected chi connectivity index (χ1v) is 9.21. The highest BCUT2D eigenvalue weighted by atomic mass is 35.5. The summed E-state index contributed by atoms with van der Waals surface area (Å²) in [7, 11) is 0. The van der Waals surface area contributed by atoms with Crippen LogP contribution in [0.15, 0.2) is 58.5 Å². The minimum Gasteiger partial charge on any atom is -0.457 e. The Balaban J connectivity index is 1.86. The van der Waals surface area contributed by atoms with Gasteiger partial charge in [-0.15, -0.1) is 0 Å². The zero-order valence-corrected chi connectivity index (χ0v) is 16.9. The monoisotopic (exact) mass is 421 g/mol. The van der Waals surface area contributed by atoms with Gasteiger partial charge in [0.25, 0.3) is 11.6 Å². The number of hydrogen-bond acceptors (Lipinski definition) is 5. The number of nitrogens with one attached hydrogen (secondary N) is 1. The first kappa shape index (κ1) is 20.8. The molecule has 30 heavy (non-hydrogen) atoms. The molecule has 0 fully saturated rings. The number of aryl methyl sites for hydroxylation is 1. The van der Waals surface area contributed by atoms with Crippen molar-refractivity contribution in [1.82, 2.24) is 0 Å². The van der Waals surface area contributed by atoms with Crippen molar-refractivity contribution < 1.29 is 14.1 Å². The van der Waals surface area contributed by atoms with E-state index < -0.39 is 10.8 Å². The standard InChI is InChI=1S/C22H16ClN3O4/c1-13-4-3-5-19(14(13)2)25-22(27)16(12-24)10-17-7-9-21(30-17)15-6-8-18(23)20(11-15)26(28)29/h3-11H,1-2H3,(H,25,27)/b16-10+. The normalized spacial score (nSPS) is 11.1. The van der Waals surface area contributed by atoms with Crippen LogP contribution < -0.4 is 5.32 Å². The Morgan fingerprint density at radius 3 is 2.70 bits per heavy atom. The van der Waals surface area contributed by atoms with Crippen LogP contribution in [0.5, 0.6) is 0 Å². The fourth-order valence-corrected chi connectivity index (χ4v) is 2.94. The Hall–Kier alpha value is -3.89. The number of anilines is 1. The number of rotatable bonds is 5. The van der Waals surface area contributed by atoms with Gasteiger partial charge >= 0.3 is 0 Å². The number of furan rings is 1. The molecule has 150 valence electrons. The van der Waals surface area contributed by atoms with Gasteiger partial charge in [-0.05, 0) is 55.3 Å². The number of nitrogens with zero attached hydrogens (tertiary/aromatic N) is 2.